The fourth-order valence-electron chi connectivity index (χ4n) is 2.80. The molecule has 0 spiro atoms. The first kappa shape index (κ1) is 22.0. The second-order valence-corrected chi connectivity index (χ2v) is 9.31. The molecule has 0 bridgehead atoms. The smallest absolute Gasteiger partial charge is 0.225 e. The summed E-state index contributed by atoms with van der Waals surface area (Å²) in [6.45, 7) is 9.58. The lowest BCUT2D eigenvalue weighted by Gasteiger charge is -2.22. The quantitative estimate of drug-likeness (QED) is 0.548. The Morgan fingerprint density at radius 3 is 2.33 bits per heavy atom. The molecule has 5 nitrogen and oxygen atoms in total. The van der Waals surface area contributed by atoms with E-state index in [1.54, 1.807) is 12.1 Å². The fraction of sp³-hybridized carbons (Fsp3) is 0.348. The monoisotopic (exact) mass is 426 g/mol. The van der Waals surface area contributed by atoms with E-state index >= 15 is 0 Å². The zero-order valence-corrected chi connectivity index (χ0v) is 18.8. The van der Waals surface area contributed by atoms with Gasteiger partial charge in [0.2, 0.25) is 5.91 Å². The summed E-state index contributed by atoms with van der Waals surface area (Å²) in [5, 5.41) is 12.5. The number of carbonyl (C=O) groups excluding carboxylic acids is 1. The van der Waals surface area contributed by atoms with E-state index in [1.807, 2.05) is 63.5 Å². The molecule has 1 heterocycles. The Morgan fingerprint density at radius 1 is 1.10 bits per heavy atom. The van der Waals surface area contributed by atoms with Crippen LogP contribution in [0.3, 0.4) is 0 Å². The number of hydrogen-bond acceptors (Lipinski definition) is 4. The number of amides is 1. The number of rotatable bonds is 6. The Morgan fingerprint density at radius 2 is 1.73 bits per heavy atom. The molecule has 0 aliphatic rings. The molecule has 2 aromatic carbocycles. The molecule has 3 rings (SSSR count). The maximum absolute atomic E-state index is 13.2. The van der Waals surface area contributed by atoms with E-state index in [4.69, 9.17) is 0 Å². The third-order valence-electron chi connectivity index (χ3n) is 4.65. The Labute approximate surface area is 181 Å². The van der Waals surface area contributed by atoms with Gasteiger partial charge in [0.05, 0.1) is 6.04 Å². The highest BCUT2D eigenvalue weighted by Crippen LogP contribution is 2.28. The van der Waals surface area contributed by atoms with Crippen molar-refractivity contribution >= 4 is 17.7 Å². The molecule has 0 radical (unpaired) electrons. The molecular formula is C23H27FN4OS. The van der Waals surface area contributed by atoms with E-state index in [0.29, 0.717) is 11.6 Å². The number of hydrogen-bond donors (Lipinski definition) is 1. The van der Waals surface area contributed by atoms with E-state index in [1.165, 1.54) is 23.9 Å². The van der Waals surface area contributed by atoms with Crippen LogP contribution in [0.1, 0.15) is 50.7 Å². The summed E-state index contributed by atoms with van der Waals surface area (Å²) in [5.41, 5.74) is 2.58. The third-order valence-corrected chi connectivity index (χ3v) is 5.65. The molecule has 0 aliphatic heterocycles. The van der Waals surface area contributed by atoms with Crippen molar-refractivity contribution in [2.24, 2.45) is 5.41 Å². The van der Waals surface area contributed by atoms with Gasteiger partial charge in [-0.05, 0) is 43.7 Å². The fourth-order valence-corrected chi connectivity index (χ4v) is 3.71. The lowest BCUT2D eigenvalue weighted by atomic mass is 9.95. The SMILES string of the molecule is Cc1ccc(-n2c(SCc3ccc(F)cc3)nnc2[C@H](C)NC(=O)C(C)(C)C)cc1. The molecule has 1 N–H and O–H groups in total. The normalized spacial score (nSPS) is 12.6. The summed E-state index contributed by atoms with van der Waals surface area (Å²) in [4.78, 5) is 12.5. The summed E-state index contributed by atoms with van der Waals surface area (Å²) >= 11 is 1.52. The molecule has 158 valence electrons. The zero-order valence-electron chi connectivity index (χ0n) is 17.9. The number of thioether (sulfide) groups is 1. The molecule has 0 aliphatic carbocycles. The molecular weight excluding hydrogens is 399 g/mol. The van der Waals surface area contributed by atoms with Crippen LogP contribution in [0.15, 0.2) is 53.7 Å². The van der Waals surface area contributed by atoms with Crippen molar-refractivity contribution in [1.29, 1.82) is 0 Å². The van der Waals surface area contributed by atoms with Crippen LogP contribution in [0.25, 0.3) is 5.69 Å². The molecule has 7 heteroatoms. The van der Waals surface area contributed by atoms with E-state index in [9.17, 15) is 9.18 Å². The van der Waals surface area contributed by atoms with Gasteiger partial charge in [-0.1, -0.05) is 62.4 Å². The van der Waals surface area contributed by atoms with Crippen LogP contribution in [-0.4, -0.2) is 20.7 Å². The second-order valence-electron chi connectivity index (χ2n) is 8.37. The Bertz CT molecular complexity index is 1010. The van der Waals surface area contributed by atoms with Gasteiger partial charge in [-0.3, -0.25) is 9.36 Å². The molecule has 1 atom stereocenters. The number of nitrogens with zero attached hydrogens (tertiary/aromatic N) is 3. The van der Waals surface area contributed by atoms with Gasteiger partial charge in [0.1, 0.15) is 5.82 Å². The number of aryl methyl sites for hydroxylation is 1. The lowest BCUT2D eigenvalue weighted by Crippen LogP contribution is -2.37. The molecule has 30 heavy (non-hydrogen) atoms. The first-order chi connectivity index (χ1) is 14.1. The van der Waals surface area contributed by atoms with Crippen LogP contribution in [0.4, 0.5) is 4.39 Å². The maximum atomic E-state index is 13.2. The Balaban J connectivity index is 1.91. The highest BCUT2D eigenvalue weighted by Gasteiger charge is 2.26. The van der Waals surface area contributed by atoms with Crippen LogP contribution < -0.4 is 5.32 Å². The third kappa shape index (κ3) is 5.27. The number of halogens is 1. The van der Waals surface area contributed by atoms with Gasteiger partial charge in [-0.15, -0.1) is 10.2 Å². The Hall–Kier alpha value is -2.67. The minimum absolute atomic E-state index is 0.0472. The van der Waals surface area contributed by atoms with Gasteiger partial charge in [0, 0.05) is 16.9 Å². The van der Waals surface area contributed by atoms with Crippen LogP contribution in [-0.2, 0) is 10.5 Å². The summed E-state index contributed by atoms with van der Waals surface area (Å²) in [5.74, 6) is 0.997. The summed E-state index contributed by atoms with van der Waals surface area (Å²) in [6.07, 6.45) is 0. The largest absolute Gasteiger partial charge is 0.346 e. The first-order valence-corrected chi connectivity index (χ1v) is 10.8. The predicted octanol–water partition coefficient (Wildman–Crippen LogP) is 5.23. The summed E-state index contributed by atoms with van der Waals surface area (Å²) in [6, 6.07) is 14.2. The van der Waals surface area contributed by atoms with E-state index in [0.717, 1.165) is 22.0 Å². The number of carbonyl (C=O) groups is 1. The average molecular weight is 427 g/mol. The van der Waals surface area contributed by atoms with Crippen molar-refractivity contribution in [3.05, 3.63) is 71.3 Å². The molecule has 1 amide bonds. The van der Waals surface area contributed by atoms with Crippen molar-refractivity contribution in [2.75, 3.05) is 0 Å². The van der Waals surface area contributed by atoms with Crippen molar-refractivity contribution in [1.82, 2.24) is 20.1 Å². The minimum atomic E-state index is -0.497. The van der Waals surface area contributed by atoms with Gasteiger partial charge >= 0.3 is 0 Å². The van der Waals surface area contributed by atoms with Crippen LogP contribution >= 0.6 is 11.8 Å². The lowest BCUT2D eigenvalue weighted by molar-refractivity contribution is -0.129. The van der Waals surface area contributed by atoms with Crippen molar-refractivity contribution in [3.8, 4) is 5.69 Å². The second kappa shape index (κ2) is 9.00. The summed E-state index contributed by atoms with van der Waals surface area (Å²) < 4.78 is 15.2. The highest BCUT2D eigenvalue weighted by molar-refractivity contribution is 7.98. The minimum Gasteiger partial charge on any atom is -0.346 e. The van der Waals surface area contributed by atoms with Crippen molar-refractivity contribution in [2.45, 2.75) is 51.6 Å². The van der Waals surface area contributed by atoms with Gasteiger partial charge in [0.15, 0.2) is 11.0 Å². The Kier molecular flexibility index (Phi) is 6.61. The van der Waals surface area contributed by atoms with E-state index in [-0.39, 0.29) is 17.8 Å². The van der Waals surface area contributed by atoms with Crippen molar-refractivity contribution in [3.63, 3.8) is 0 Å². The van der Waals surface area contributed by atoms with Crippen molar-refractivity contribution < 1.29 is 9.18 Å². The van der Waals surface area contributed by atoms with E-state index < -0.39 is 5.41 Å². The molecule has 3 aromatic rings. The van der Waals surface area contributed by atoms with E-state index in [2.05, 4.69) is 15.5 Å². The van der Waals surface area contributed by atoms with Crippen LogP contribution in [0.2, 0.25) is 0 Å². The first-order valence-electron chi connectivity index (χ1n) is 9.85. The van der Waals surface area contributed by atoms with Gasteiger partial charge in [-0.2, -0.15) is 0 Å². The topological polar surface area (TPSA) is 59.8 Å². The highest BCUT2D eigenvalue weighted by atomic mass is 32.2. The molecule has 0 saturated carbocycles. The molecule has 1 aromatic heterocycles. The number of nitrogens with one attached hydrogen (secondary N) is 1. The maximum Gasteiger partial charge on any atom is 0.225 e. The zero-order chi connectivity index (χ0) is 21.9. The van der Waals surface area contributed by atoms with Crippen LogP contribution in [0, 0.1) is 18.2 Å². The number of aromatic nitrogens is 3. The van der Waals surface area contributed by atoms with Gasteiger partial charge in [-0.25, -0.2) is 4.39 Å². The molecule has 0 fully saturated rings. The van der Waals surface area contributed by atoms with Gasteiger partial charge in [0.25, 0.3) is 0 Å². The molecule has 0 unspecified atom stereocenters. The summed E-state index contributed by atoms with van der Waals surface area (Å²) in [7, 11) is 0. The number of benzene rings is 2. The average Bonchev–Trinajstić information content (AvgIpc) is 3.11. The van der Waals surface area contributed by atoms with Crippen LogP contribution in [0.5, 0.6) is 0 Å². The predicted molar refractivity (Wildman–Crippen MR) is 118 cm³/mol. The van der Waals surface area contributed by atoms with Gasteiger partial charge < -0.3 is 5.32 Å². The standard InChI is InChI=1S/C23H27FN4OS/c1-15-6-12-19(13-7-15)28-20(16(2)25-21(29)23(3,4)5)26-27-22(28)30-14-17-8-10-18(24)11-9-17/h6-13,16H,14H2,1-5H3,(H,25,29)/t16-/m0/s1. The molecule has 0 saturated heterocycles.